The van der Waals surface area contributed by atoms with Gasteiger partial charge in [0.2, 0.25) is 5.91 Å². The summed E-state index contributed by atoms with van der Waals surface area (Å²) in [6.07, 6.45) is 6.51. The zero-order valence-electron chi connectivity index (χ0n) is 25.2. The molecule has 3 heterocycles. The number of benzene rings is 2. The number of hydrogen-bond acceptors (Lipinski definition) is 5. The molecule has 0 aliphatic carbocycles. The van der Waals surface area contributed by atoms with Crippen molar-refractivity contribution >= 4 is 28.4 Å². The Labute approximate surface area is 251 Å². The van der Waals surface area contributed by atoms with Gasteiger partial charge in [0, 0.05) is 75.5 Å². The quantitative estimate of drug-likeness (QED) is 0.245. The van der Waals surface area contributed by atoms with Gasteiger partial charge in [0.05, 0.1) is 18.0 Å². The molecule has 1 aliphatic rings. The van der Waals surface area contributed by atoms with Crippen LogP contribution in [0.5, 0.6) is 0 Å². The van der Waals surface area contributed by atoms with Gasteiger partial charge in [0.1, 0.15) is 11.5 Å². The fraction of sp³-hybridized carbons (Fsp3) is 0.424. The van der Waals surface area contributed by atoms with E-state index in [9.17, 15) is 9.59 Å². The molecular weight excluding hydrogens is 547 g/mol. The molecule has 3 N–H and O–H groups in total. The topological polar surface area (TPSA) is 107 Å². The van der Waals surface area contributed by atoms with E-state index in [1.807, 2.05) is 35.2 Å². The number of nitrogens with two attached hydrogens (primary N) is 1. The number of rotatable bonds is 11. The highest BCUT2D eigenvalue weighted by Crippen LogP contribution is 2.36. The van der Waals surface area contributed by atoms with Gasteiger partial charge in [-0.25, -0.2) is 9.37 Å². The number of carbonyl (C=O) groups is 2. The molecule has 228 valence electrons. The van der Waals surface area contributed by atoms with Crippen molar-refractivity contribution in [3.05, 3.63) is 83.3 Å². The number of para-hydroxylation sites is 1. The van der Waals surface area contributed by atoms with Crippen LogP contribution in [0.4, 0.5) is 10.1 Å². The van der Waals surface area contributed by atoms with Gasteiger partial charge in [-0.1, -0.05) is 24.3 Å². The molecule has 2 amide bonds. The molecule has 43 heavy (non-hydrogen) atoms. The van der Waals surface area contributed by atoms with Crippen LogP contribution in [-0.2, 0) is 29.5 Å². The molecule has 1 aliphatic heterocycles. The highest BCUT2D eigenvalue weighted by molar-refractivity contribution is 6.02. The van der Waals surface area contributed by atoms with Crippen LogP contribution in [0.15, 0.2) is 55.0 Å². The molecule has 0 bridgehead atoms. The number of piperidine rings is 1. The summed E-state index contributed by atoms with van der Waals surface area (Å²) in [5, 5.41) is 3.80. The number of likely N-dealkylation sites (tertiary alicyclic amines) is 1. The molecule has 1 fully saturated rings. The second-order valence-corrected chi connectivity index (χ2v) is 11.5. The highest BCUT2D eigenvalue weighted by atomic mass is 19.1. The minimum absolute atomic E-state index is 0.0446. The summed E-state index contributed by atoms with van der Waals surface area (Å²) in [6, 6.07) is 12.4. The van der Waals surface area contributed by atoms with Crippen LogP contribution in [0.25, 0.3) is 10.9 Å². The maximum Gasteiger partial charge on any atom is 0.273 e. The number of fused-ring (bicyclic) bond motifs is 1. The van der Waals surface area contributed by atoms with Crippen molar-refractivity contribution in [3.63, 3.8) is 0 Å². The molecule has 0 radical (unpaired) electrons. The van der Waals surface area contributed by atoms with Crippen molar-refractivity contribution in [1.82, 2.24) is 19.0 Å². The number of ether oxygens (including phenoxy) is 1. The largest absolute Gasteiger partial charge is 0.385 e. The summed E-state index contributed by atoms with van der Waals surface area (Å²) in [7, 11) is 3.44. The Bertz CT molecular complexity index is 1580. The first kappa shape index (κ1) is 30.4. The maximum absolute atomic E-state index is 15.0. The lowest BCUT2D eigenvalue weighted by Gasteiger charge is -2.34. The second-order valence-electron chi connectivity index (χ2n) is 11.5. The Morgan fingerprint density at radius 3 is 2.72 bits per heavy atom. The van der Waals surface area contributed by atoms with Gasteiger partial charge in [-0.15, -0.1) is 0 Å². The minimum atomic E-state index is -0.334. The Kier molecular flexibility index (Phi) is 9.57. The van der Waals surface area contributed by atoms with Crippen molar-refractivity contribution in [1.29, 1.82) is 0 Å². The average Bonchev–Trinajstić information content (AvgIpc) is 3.55. The molecule has 0 spiro atoms. The molecule has 0 unspecified atom stereocenters. The number of imidazole rings is 1. The number of hydrogen-bond donors (Lipinski definition) is 2. The van der Waals surface area contributed by atoms with Crippen LogP contribution in [0, 0.1) is 12.7 Å². The zero-order chi connectivity index (χ0) is 30.5. The van der Waals surface area contributed by atoms with E-state index in [1.54, 1.807) is 31.1 Å². The summed E-state index contributed by atoms with van der Waals surface area (Å²) in [5.74, 6) is -0.283. The first-order valence-electron chi connectivity index (χ1n) is 14.9. The predicted molar refractivity (Wildman–Crippen MR) is 166 cm³/mol. The van der Waals surface area contributed by atoms with E-state index in [0.29, 0.717) is 49.6 Å². The van der Waals surface area contributed by atoms with Crippen molar-refractivity contribution in [3.8, 4) is 0 Å². The molecular formula is C33H41FN6O3. The summed E-state index contributed by atoms with van der Waals surface area (Å²) in [6.45, 7) is 4.62. The second kappa shape index (κ2) is 13.5. The van der Waals surface area contributed by atoms with E-state index in [2.05, 4.69) is 21.8 Å². The number of nitrogens with zero attached hydrogens (tertiary/aromatic N) is 4. The van der Waals surface area contributed by atoms with Crippen molar-refractivity contribution in [2.45, 2.75) is 57.5 Å². The van der Waals surface area contributed by atoms with Gasteiger partial charge in [-0.2, -0.15) is 0 Å². The standard InChI is InChI=1S/C33H41FN6O3/c1-22-27-8-4-9-28(34)32(27)40(15-6-16-43-3)31(22)24-7-5-14-39(20-24)30(41)18-25(35)17-23-10-12-26(13-11-23)37-33(42)29-19-36-21-38(29)2/h4,8-13,19,21,24-25H,5-7,14-18,20,35H2,1-3H3,(H,37,42)/t24-,25+/m0/s1. The van der Waals surface area contributed by atoms with Crippen molar-refractivity contribution in [2.75, 3.05) is 32.1 Å². The van der Waals surface area contributed by atoms with E-state index in [1.165, 1.54) is 12.3 Å². The monoisotopic (exact) mass is 588 g/mol. The lowest BCUT2D eigenvalue weighted by Crippen LogP contribution is -2.42. The van der Waals surface area contributed by atoms with Gasteiger partial charge in [-0.05, 0) is 61.9 Å². The molecule has 2 aromatic carbocycles. The summed E-state index contributed by atoms with van der Waals surface area (Å²) < 4.78 is 24.1. The van der Waals surface area contributed by atoms with E-state index < -0.39 is 0 Å². The molecule has 9 nitrogen and oxygen atoms in total. The number of halogens is 1. The molecule has 1 saturated heterocycles. The number of anilines is 1. The third kappa shape index (κ3) is 6.81. The van der Waals surface area contributed by atoms with Gasteiger partial charge in [-0.3, -0.25) is 9.59 Å². The van der Waals surface area contributed by atoms with E-state index in [-0.39, 0.29) is 36.0 Å². The van der Waals surface area contributed by atoms with Crippen LogP contribution in [0.2, 0.25) is 0 Å². The molecule has 2 atom stereocenters. The fourth-order valence-corrected chi connectivity index (χ4v) is 6.33. The first-order chi connectivity index (χ1) is 20.8. The number of aromatic nitrogens is 3. The molecule has 0 saturated carbocycles. The number of carbonyl (C=O) groups excluding carboxylic acids is 2. The number of aryl methyl sites for hydroxylation is 3. The molecule has 4 aromatic rings. The average molecular weight is 589 g/mol. The fourth-order valence-electron chi connectivity index (χ4n) is 6.33. The van der Waals surface area contributed by atoms with Crippen molar-refractivity contribution in [2.24, 2.45) is 12.8 Å². The van der Waals surface area contributed by atoms with Crippen LogP contribution in [-0.4, -0.2) is 63.7 Å². The predicted octanol–water partition coefficient (Wildman–Crippen LogP) is 4.78. The van der Waals surface area contributed by atoms with E-state index in [4.69, 9.17) is 10.5 Å². The van der Waals surface area contributed by atoms with Gasteiger partial charge in [0.25, 0.3) is 5.91 Å². The number of amides is 2. The molecule has 2 aromatic heterocycles. The van der Waals surface area contributed by atoms with Crippen molar-refractivity contribution < 1.29 is 18.7 Å². The van der Waals surface area contributed by atoms with Gasteiger partial charge >= 0.3 is 0 Å². The lowest BCUT2D eigenvalue weighted by molar-refractivity contribution is -0.132. The number of methoxy groups -OCH3 is 1. The number of nitrogens with one attached hydrogen (secondary N) is 1. The van der Waals surface area contributed by atoms with Crippen LogP contribution >= 0.6 is 0 Å². The Morgan fingerprint density at radius 1 is 1.21 bits per heavy atom. The van der Waals surface area contributed by atoms with Gasteiger partial charge in [0.15, 0.2) is 0 Å². The third-order valence-electron chi connectivity index (χ3n) is 8.42. The SMILES string of the molecule is COCCCn1c([C@H]2CCCN(C(=O)C[C@H](N)Cc3ccc(NC(=O)c4cncn4C)cc3)C2)c(C)c2cccc(F)c21. The van der Waals surface area contributed by atoms with Crippen LogP contribution < -0.4 is 11.1 Å². The molecule has 5 rings (SSSR count). The minimum Gasteiger partial charge on any atom is -0.385 e. The summed E-state index contributed by atoms with van der Waals surface area (Å²) in [5.41, 5.74) is 11.4. The Morgan fingerprint density at radius 2 is 2.00 bits per heavy atom. The van der Waals surface area contributed by atoms with E-state index in [0.717, 1.165) is 41.5 Å². The normalized spacial score (nSPS) is 16.0. The maximum atomic E-state index is 15.0. The van der Waals surface area contributed by atoms with Crippen LogP contribution in [0.1, 0.15) is 58.9 Å². The zero-order valence-corrected chi connectivity index (χ0v) is 25.2. The summed E-state index contributed by atoms with van der Waals surface area (Å²) in [4.78, 5) is 31.8. The third-order valence-corrected chi connectivity index (χ3v) is 8.42. The lowest BCUT2D eigenvalue weighted by atomic mass is 9.91. The summed E-state index contributed by atoms with van der Waals surface area (Å²) >= 11 is 0. The van der Waals surface area contributed by atoms with Gasteiger partial charge < -0.3 is 29.8 Å². The molecule has 10 heteroatoms. The van der Waals surface area contributed by atoms with Crippen LogP contribution in [0.3, 0.4) is 0 Å². The first-order valence-corrected chi connectivity index (χ1v) is 14.9. The van der Waals surface area contributed by atoms with E-state index >= 15 is 4.39 Å². The highest BCUT2D eigenvalue weighted by Gasteiger charge is 2.30. The smallest absolute Gasteiger partial charge is 0.273 e. The Hall–Kier alpha value is -4.02. The Balaban J connectivity index is 1.21.